The molecule has 5 heteroatoms. The molecule has 1 fully saturated rings. The van der Waals surface area contributed by atoms with Crippen molar-refractivity contribution < 1.29 is 8.42 Å². The molecule has 0 bridgehead atoms. The molecule has 1 unspecified atom stereocenters. The van der Waals surface area contributed by atoms with Crippen molar-refractivity contribution in [2.45, 2.75) is 38.0 Å². The first kappa shape index (κ1) is 10.9. The number of rotatable bonds is 2. The maximum Gasteiger partial charge on any atom is 0.216 e. The van der Waals surface area contributed by atoms with E-state index in [1.54, 1.807) is 20.8 Å². The van der Waals surface area contributed by atoms with Gasteiger partial charge in [0.25, 0.3) is 0 Å². The normalized spacial score (nSPS) is 25.0. The lowest BCUT2D eigenvalue weighted by Crippen LogP contribution is -2.45. The monoisotopic (exact) mass is 206 g/mol. The Morgan fingerprint density at radius 3 is 2.38 bits per heavy atom. The standard InChI is InChI=1S/C8H18N2O2S/c1-8(2,3)13(11,12)10-7-4-5-9-6-7/h7,9-10H,4-6H2,1-3H3. The second-order valence-corrected chi connectivity index (χ2v) is 6.89. The minimum atomic E-state index is -3.17. The van der Waals surface area contributed by atoms with Crippen LogP contribution in [0.2, 0.25) is 0 Å². The van der Waals surface area contributed by atoms with Crippen molar-refractivity contribution in [1.29, 1.82) is 0 Å². The molecule has 1 aliphatic rings. The molecule has 1 aliphatic heterocycles. The van der Waals surface area contributed by atoms with E-state index in [1.807, 2.05) is 0 Å². The molecule has 13 heavy (non-hydrogen) atoms. The third-order valence-electron chi connectivity index (χ3n) is 2.19. The Bertz CT molecular complexity index is 260. The summed E-state index contributed by atoms with van der Waals surface area (Å²) in [6.45, 7) is 6.76. The average molecular weight is 206 g/mol. The van der Waals surface area contributed by atoms with E-state index < -0.39 is 14.8 Å². The van der Waals surface area contributed by atoms with Gasteiger partial charge in [-0.3, -0.25) is 0 Å². The molecule has 0 amide bonds. The lowest BCUT2D eigenvalue weighted by atomic mass is 10.3. The second-order valence-electron chi connectivity index (χ2n) is 4.42. The van der Waals surface area contributed by atoms with Crippen LogP contribution in [0.4, 0.5) is 0 Å². The van der Waals surface area contributed by atoms with E-state index in [9.17, 15) is 8.42 Å². The maximum atomic E-state index is 11.7. The van der Waals surface area contributed by atoms with Crippen LogP contribution >= 0.6 is 0 Å². The van der Waals surface area contributed by atoms with Gasteiger partial charge in [-0.15, -0.1) is 0 Å². The number of sulfonamides is 1. The van der Waals surface area contributed by atoms with Gasteiger partial charge in [0.15, 0.2) is 0 Å². The van der Waals surface area contributed by atoms with Crippen molar-refractivity contribution in [2.75, 3.05) is 13.1 Å². The molecule has 1 atom stereocenters. The van der Waals surface area contributed by atoms with Gasteiger partial charge in [-0.1, -0.05) is 0 Å². The topological polar surface area (TPSA) is 58.2 Å². The van der Waals surface area contributed by atoms with Gasteiger partial charge in [0.05, 0.1) is 4.75 Å². The molecule has 1 rings (SSSR count). The van der Waals surface area contributed by atoms with Gasteiger partial charge in [-0.05, 0) is 33.7 Å². The first-order chi connectivity index (χ1) is 5.83. The Labute approximate surface area is 80.1 Å². The lowest BCUT2D eigenvalue weighted by molar-refractivity contribution is 0.527. The van der Waals surface area contributed by atoms with Crippen LogP contribution in [0.3, 0.4) is 0 Å². The first-order valence-electron chi connectivity index (χ1n) is 4.55. The predicted molar refractivity (Wildman–Crippen MR) is 53.1 cm³/mol. The molecule has 0 saturated carbocycles. The summed E-state index contributed by atoms with van der Waals surface area (Å²) in [5, 5.41) is 3.12. The molecular weight excluding hydrogens is 188 g/mol. The first-order valence-corrected chi connectivity index (χ1v) is 6.04. The van der Waals surface area contributed by atoms with Crippen LogP contribution < -0.4 is 10.0 Å². The highest BCUT2D eigenvalue weighted by atomic mass is 32.2. The minimum Gasteiger partial charge on any atom is -0.315 e. The Kier molecular flexibility index (Phi) is 2.99. The smallest absolute Gasteiger partial charge is 0.216 e. The summed E-state index contributed by atoms with van der Waals surface area (Å²) in [4.78, 5) is 0. The fourth-order valence-electron chi connectivity index (χ4n) is 1.15. The highest BCUT2D eigenvalue weighted by Crippen LogP contribution is 2.14. The van der Waals surface area contributed by atoms with Gasteiger partial charge in [-0.2, -0.15) is 0 Å². The zero-order chi connectivity index (χ0) is 10.1. The molecule has 0 aromatic rings. The lowest BCUT2D eigenvalue weighted by Gasteiger charge is -2.22. The van der Waals surface area contributed by atoms with Crippen LogP contribution in [0.15, 0.2) is 0 Å². The van der Waals surface area contributed by atoms with Crippen molar-refractivity contribution >= 4 is 10.0 Å². The number of hydrogen-bond acceptors (Lipinski definition) is 3. The zero-order valence-corrected chi connectivity index (χ0v) is 9.24. The number of hydrogen-bond donors (Lipinski definition) is 2. The third kappa shape index (κ3) is 2.65. The van der Waals surface area contributed by atoms with E-state index in [0.717, 1.165) is 19.5 Å². The van der Waals surface area contributed by atoms with Crippen LogP contribution in [-0.2, 0) is 10.0 Å². The third-order valence-corrected chi connectivity index (χ3v) is 4.44. The fourth-order valence-corrected chi connectivity index (χ4v) is 2.15. The van der Waals surface area contributed by atoms with E-state index in [-0.39, 0.29) is 6.04 Å². The maximum absolute atomic E-state index is 11.7. The van der Waals surface area contributed by atoms with Gasteiger partial charge in [0, 0.05) is 12.6 Å². The van der Waals surface area contributed by atoms with Gasteiger partial charge in [-0.25, -0.2) is 13.1 Å². The van der Waals surface area contributed by atoms with Crippen molar-refractivity contribution in [3.8, 4) is 0 Å². The quantitative estimate of drug-likeness (QED) is 0.672. The van der Waals surface area contributed by atoms with Crippen molar-refractivity contribution in [3.63, 3.8) is 0 Å². The van der Waals surface area contributed by atoms with E-state index in [1.165, 1.54) is 0 Å². The van der Waals surface area contributed by atoms with E-state index in [2.05, 4.69) is 10.0 Å². The predicted octanol–water partition coefficient (Wildman–Crippen LogP) is 0.0662. The van der Waals surface area contributed by atoms with Gasteiger partial charge < -0.3 is 5.32 Å². The SMILES string of the molecule is CC(C)(C)S(=O)(=O)NC1CCNC1. The average Bonchev–Trinajstić information content (AvgIpc) is 2.35. The minimum absolute atomic E-state index is 0.0734. The van der Waals surface area contributed by atoms with Crippen LogP contribution in [0.5, 0.6) is 0 Å². The van der Waals surface area contributed by atoms with Crippen LogP contribution in [0.25, 0.3) is 0 Å². The molecule has 4 nitrogen and oxygen atoms in total. The summed E-state index contributed by atoms with van der Waals surface area (Å²) >= 11 is 0. The summed E-state index contributed by atoms with van der Waals surface area (Å²) in [5.74, 6) is 0. The molecule has 0 aromatic carbocycles. The molecular formula is C8H18N2O2S. The molecule has 0 aliphatic carbocycles. The van der Waals surface area contributed by atoms with Crippen molar-refractivity contribution in [3.05, 3.63) is 0 Å². The Balaban J connectivity index is 2.62. The summed E-state index contributed by atoms with van der Waals surface area (Å²) in [5.41, 5.74) is 0. The summed E-state index contributed by atoms with van der Waals surface area (Å²) < 4.78 is 25.3. The van der Waals surface area contributed by atoms with E-state index in [0.29, 0.717) is 0 Å². The van der Waals surface area contributed by atoms with Crippen molar-refractivity contribution in [2.24, 2.45) is 0 Å². The van der Waals surface area contributed by atoms with Crippen LogP contribution in [0, 0.1) is 0 Å². The summed E-state index contributed by atoms with van der Waals surface area (Å²) in [7, 11) is -3.17. The Morgan fingerprint density at radius 2 is 2.00 bits per heavy atom. The summed E-state index contributed by atoms with van der Waals surface area (Å²) in [6.07, 6.45) is 0.884. The highest BCUT2D eigenvalue weighted by molar-refractivity contribution is 7.90. The number of nitrogens with one attached hydrogen (secondary N) is 2. The van der Waals surface area contributed by atoms with Gasteiger partial charge >= 0.3 is 0 Å². The molecule has 0 spiro atoms. The van der Waals surface area contributed by atoms with E-state index in [4.69, 9.17) is 0 Å². The molecule has 0 aromatic heterocycles. The summed E-state index contributed by atoms with van der Waals surface area (Å²) in [6, 6.07) is 0.0734. The zero-order valence-electron chi connectivity index (χ0n) is 8.42. The van der Waals surface area contributed by atoms with Crippen LogP contribution in [-0.4, -0.2) is 32.3 Å². The molecule has 0 radical (unpaired) electrons. The largest absolute Gasteiger partial charge is 0.315 e. The Hall–Kier alpha value is -0.130. The van der Waals surface area contributed by atoms with Crippen molar-refractivity contribution in [1.82, 2.24) is 10.0 Å². The molecule has 78 valence electrons. The Morgan fingerprint density at radius 1 is 1.38 bits per heavy atom. The van der Waals surface area contributed by atoms with Gasteiger partial charge in [0.1, 0.15) is 0 Å². The van der Waals surface area contributed by atoms with E-state index >= 15 is 0 Å². The van der Waals surface area contributed by atoms with Gasteiger partial charge in [0.2, 0.25) is 10.0 Å². The highest BCUT2D eigenvalue weighted by Gasteiger charge is 2.31. The molecule has 2 N–H and O–H groups in total. The second kappa shape index (κ2) is 3.55. The molecule has 1 saturated heterocycles. The van der Waals surface area contributed by atoms with Crippen LogP contribution in [0.1, 0.15) is 27.2 Å². The fraction of sp³-hybridized carbons (Fsp3) is 1.00. The molecule has 1 heterocycles.